The first kappa shape index (κ1) is 10.6. The molecule has 0 saturated carbocycles. The second-order valence-corrected chi connectivity index (χ2v) is 2.78. The predicted molar refractivity (Wildman–Crippen MR) is 49.7 cm³/mol. The Hall–Kier alpha value is -1.46. The lowest BCUT2D eigenvalue weighted by molar-refractivity contribution is 0.0802. The molecule has 0 aliphatic heterocycles. The Balaban J connectivity index is 2.44. The number of rotatable bonds is 4. The molecule has 5 nitrogen and oxygen atoms in total. The van der Waals surface area contributed by atoms with Gasteiger partial charge in [0.15, 0.2) is 0 Å². The van der Waals surface area contributed by atoms with Crippen LogP contribution in [0.3, 0.4) is 0 Å². The summed E-state index contributed by atoms with van der Waals surface area (Å²) in [4.78, 5) is 15.1. The molecule has 5 heteroatoms. The van der Waals surface area contributed by atoms with Crippen molar-refractivity contribution in [2.75, 3.05) is 13.2 Å². The summed E-state index contributed by atoms with van der Waals surface area (Å²) >= 11 is 0. The molecular weight excluding hydrogens is 184 g/mol. The van der Waals surface area contributed by atoms with Crippen LogP contribution in [0, 0.1) is 0 Å². The summed E-state index contributed by atoms with van der Waals surface area (Å²) in [6, 6.07) is 3.14. The first-order valence-corrected chi connectivity index (χ1v) is 4.21. The van der Waals surface area contributed by atoms with Gasteiger partial charge in [-0.15, -0.1) is 0 Å². The van der Waals surface area contributed by atoms with Gasteiger partial charge < -0.3 is 15.5 Å². The lowest BCUT2D eigenvalue weighted by atomic mass is 10.2. The Morgan fingerprint density at radius 2 is 2.14 bits per heavy atom. The van der Waals surface area contributed by atoms with Crippen LogP contribution in [0.25, 0.3) is 0 Å². The summed E-state index contributed by atoms with van der Waals surface area (Å²) in [6.07, 6.45) is 2.11. The van der Waals surface area contributed by atoms with Crippen molar-refractivity contribution in [1.82, 2.24) is 10.3 Å². The minimum absolute atomic E-state index is 0.0393. The Morgan fingerprint density at radius 3 is 2.71 bits per heavy atom. The SMILES string of the molecule is O=C(NCC(O)CO)c1ccncc1. The molecule has 0 aliphatic carbocycles. The summed E-state index contributed by atoms with van der Waals surface area (Å²) in [7, 11) is 0. The lowest BCUT2D eigenvalue weighted by Gasteiger charge is -2.08. The number of pyridine rings is 1. The molecule has 0 fully saturated rings. The molecule has 14 heavy (non-hydrogen) atoms. The van der Waals surface area contributed by atoms with Crippen molar-refractivity contribution in [3.05, 3.63) is 30.1 Å². The number of aliphatic hydroxyl groups excluding tert-OH is 2. The van der Waals surface area contributed by atoms with E-state index >= 15 is 0 Å². The fourth-order valence-electron chi connectivity index (χ4n) is 0.880. The average molecular weight is 196 g/mol. The van der Waals surface area contributed by atoms with Crippen molar-refractivity contribution in [2.45, 2.75) is 6.10 Å². The molecule has 1 amide bonds. The Labute approximate surface area is 81.4 Å². The lowest BCUT2D eigenvalue weighted by Crippen LogP contribution is -2.33. The molecule has 0 spiro atoms. The number of hydrogen-bond acceptors (Lipinski definition) is 4. The molecule has 3 N–H and O–H groups in total. The van der Waals surface area contributed by atoms with E-state index in [-0.39, 0.29) is 19.1 Å². The van der Waals surface area contributed by atoms with Crippen molar-refractivity contribution < 1.29 is 15.0 Å². The summed E-state index contributed by atoms with van der Waals surface area (Å²) < 4.78 is 0. The number of hydrogen-bond donors (Lipinski definition) is 3. The van der Waals surface area contributed by atoms with E-state index in [1.54, 1.807) is 12.1 Å². The third-order valence-electron chi connectivity index (χ3n) is 1.65. The molecule has 1 unspecified atom stereocenters. The van der Waals surface area contributed by atoms with Crippen molar-refractivity contribution in [2.24, 2.45) is 0 Å². The van der Waals surface area contributed by atoms with E-state index in [4.69, 9.17) is 10.2 Å². The Kier molecular flexibility index (Phi) is 4.03. The molecule has 0 bridgehead atoms. The minimum Gasteiger partial charge on any atom is -0.394 e. The van der Waals surface area contributed by atoms with Crippen LogP contribution >= 0.6 is 0 Å². The summed E-state index contributed by atoms with van der Waals surface area (Å²) in [5, 5.41) is 20.0. The fourth-order valence-corrected chi connectivity index (χ4v) is 0.880. The molecule has 0 radical (unpaired) electrons. The monoisotopic (exact) mass is 196 g/mol. The van der Waals surface area contributed by atoms with E-state index < -0.39 is 6.10 Å². The van der Waals surface area contributed by atoms with Gasteiger partial charge in [-0.1, -0.05) is 0 Å². The van der Waals surface area contributed by atoms with E-state index in [9.17, 15) is 4.79 Å². The molecular formula is C9H12N2O3. The fraction of sp³-hybridized carbons (Fsp3) is 0.333. The van der Waals surface area contributed by atoms with Crippen LogP contribution in [0.2, 0.25) is 0 Å². The number of amides is 1. The molecule has 1 aromatic heterocycles. The van der Waals surface area contributed by atoms with Crippen LogP contribution in [0.1, 0.15) is 10.4 Å². The molecule has 76 valence electrons. The highest BCUT2D eigenvalue weighted by molar-refractivity contribution is 5.93. The molecule has 1 aromatic rings. The highest BCUT2D eigenvalue weighted by Gasteiger charge is 2.06. The van der Waals surface area contributed by atoms with E-state index in [1.165, 1.54) is 12.4 Å². The van der Waals surface area contributed by atoms with Crippen LogP contribution in [0.4, 0.5) is 0 Å². The Bertz CT molecular complexity index is 289. The van der Waals surface area contributed by atoms with E-state index in [0.29, 0.717) is 5.56 Å². The zero-order valence-corrected chi connectivity index (χ0v) is 7.55. The number of nitrogens with one attached hydrogen (secondary N) is 1. The van der Waals surface area contributed by atoms with Crippen LogP contribution < -0.4 is 5.32 Å². The maximum Gasteiger partial charge on any atom is 0.251 e. The van der Waals surface area contributed by atoms with Gasteiger partial charge in [-0.25, -0.2) is 0 Å². The second-order valence-electron chi connectivity index (χ2n) is 2.78. The van der Waals surface area contributed by atoms with Crippen molar-refractivity contribution >= 4 is 5.91 Å². The quantitative estimate of drug-likeness (QED) is 0.586. The van der Waals surface area contributed by atoms with Crippen LogP contribution in [0.15, 0.2) is 24.5 Å². The minimum atomic E-state index is -0.916. The third kappa shape index (κ3) is 3.12. The normalized spacial score (nSPS) is 12.1. The number of nitrogens with zero attached hydrogens (tertiary/aromatic N) is 1. The largest absolute Gasteiger partial charge is 0.394 e. The van der Waals surface area contributed by atoms with Crippen molar-refractivity contribution in [3.8, 4) is 0 Å². The molecule has 1 heterocycles. The number of aromatic nitrogens is 1. The van der Waals surface area contributed by atoms with Crippen molar-refractivity contribution in [3.63, 3.8) is 0 Å². The van der Waals surface area contributed by atoms with E-state index in [2.05, 4.69) is 10.3 Å². The molecule has 1 atom stereocenters. The van der Waals surface area contributed by atoms with Crippen LogP contribution in [0.5, 0.6) is 0 Å². The van der Waals surface area contributed by atoms with Gasteiger partial charge in [-0.3, -0.25) is 9.78 Å². The standard InChI is InChI=1S/C9H12N2O3/c12-6-8(13)5-11-9(14)7-1-3-10-4-2-7/h1-4,8,12-13H,5-6H2,(H,11,14). The maximum absolute atomic E-state index is 11.3. The van der Waals surface area contributed by atoms with Gasteiger partial charge in [-0.2, -0.15) is 0 Å². The molecule has 1 rings (SSSR count). The average Bonchev–Trinajstić information content (AvgIpc) is 2.26. The predicted octanol–water partition coefficient (Wildman–Crippen LogP) is -0.835. The summed E-state index contributed by atoms with van der Waals surface area (Å²) in [6.45, 7) is -0.325. The van der Waals surface area contributed by atoms with Gasteiger partial charge in [0.25, 0.3) is 5.91 Å². The number of carbonyl (C=O) groups is 1. The van der Waals surface area contributed by atoms with E-state index in [0.717, 1.165) is 0 Å². The van der Waals surface area contributed by atoms with Crippen molar-refractivity contribution in [1.29, 1.82) is 0 Å². The van der Waals surface area contributed by atoms with Gasteiger partial charge in [0.2, 0.25) is 0 Å². The smallest absolute Gasteiger partial charge is 0.251 e. The summed E-state index contributed by atoms with van der Waals surface area (Å²) in [5.41, 5.74) is 0.477. The van der Waals surface area contributed by atoms with Gasteiger partial charge in [-0.05, 0) is 12.1 Å². The first-order valence-electron chi connectivity index (χ1n) is 4.21. The molecule has 0 aliphatic rings. The van der Waals surface area contributed by atoms with Crippen LogP contribution in [-0.4, -0.2) is 40.4 Å². The second kappa shape index (κ2) is 5.31. The molecule has 0 aromatic carbocycles. The number of aliphatic hydroxyl groups is 2. The third-order valence-corrected chi connectivity index (χ3v) is 1.65. The first-order chi connectivity index (χ1) is 6.74. The highest BCUT2D eigenvalue weighted by atomic mass is 16.3. The van der Waals surface area contributed by atoms with Crippen LogP contribution in [-0.2, 0) is 0 Å². The van der Waals surface area contributed by atoms with Gasteiger partial charge in [0, 0.05) is 24.5 Å². The molecule has 0 saturated heterocycles. The topological polar surface area (TPSA) is 82.5 Å². The zero-order valence-electron chi connectivity index (χ0n) is 7.55. The highest BCUT2D eigenvalue weighted by Crippen LogP contribution is 1.95. The van der Waals surface area contributed by atoms with Gasteiger partial charge >= 0.3 is 0 Å². The van der Waals surface area contributed by atoms with Gasteiger partial charge in [0.05, 0.1) is 12.7 Å². The zero-order chi connectivity index (χ0) is 10.4. The van der Waals surface area contributed by atoms with Gasteiger partial charge in [0.1, 0.15) is 0 Å². The number of carbonyl (C=O) groups excluding carboxylic acids is 1. The summed E-state index contributed by atoms with van der Waals surface area (Å²) in [5.74, 6) is -0.292. The Morgan fingerprint density at radius 1 is 1.50 bits per heavy atom. The maximum atomic E-state index is 11.3. The van der Waals surface area contributed by atoms with E-state index in [1.807, 2.05) is 0 Å².